The number of carbonyl (C=O) groups is 2. The number of aromatic nitrogens is 2. The Morgan fingerprint density at radius 2 is 1.76 bits per heavy atom. The van der Waals surface area contributed by atoms with Crippen LogP contribution in [0.5, 0.6) is 0 Å². The molecule has 1 N–H and O–H groups in total. The second-order valence-corrected chi connectivity index (χ2v) is 8.69. The smallest absolute Gasteiger partial charge is 0.246 e. The number of nitrogens with one attached hydrogen (secondary N) is 1. The van der Waals surface area contributed by atoms with E-state index in [1.165, 1.54) is 5.56 Å². The second kappa shape index (κ2) is 10.9. The van der Waals surface area contributed by atoms with Crippen LogP contribution in [0.1, 0.15) is 22.3 Å². The molecule has 1 saturated heterocycles. The summed E-state index contributed by atoms with van der Waals surface area (Å²) in [7, 11) is 0. The zero-order valence-corrected chi connectivity index (χ0v) is 19.8. The van der Waals surface area contributed by atoms with Gasteiger partial charge in [0.15, 0.2) is 0 Å². The molecule has 2 amide bonds. The zero-order chi connectivity index (χ0) is 23.9. The number of carbonyl (C=O) groups excluding carboxylic acids is 2. The Morgan fingerprint density at radius 1 is 1.00 bits per heavy atom. The molecule has 3 aromatic rings. The van der Waals surface area contributed by atoms with Crippen molar-refractivity contribution in [1.29, 1.82) is 0 Å². The SMILES string of the molecule is Cc1cccc(NC(=O)CN2CCN(C(=O)C=Cc3cnn(Cc4ccccc4)c3)CC2)c1C. The van der Waals surface area contributed by atoms with Crippen molar-refractivity contribution in [1.82, 2.24) is 19.6 Å². The highest BCUT2D eigenvalue weighted by Gasteiger charge is 2.21. The molecule has 1 fully saturated rings. The fourth-order valence-electron chi connectivity index (χ4n) is 4.00. The second-order valence-electron chi connectivity index (χ2n) is 8.69. The summed E-state index contributed by atoms with van der Waals surface area (Å²) in [4.78, 5) is 29.0. The molecule has 2 aromatic carbocycles. The van der Waals surface area contributed by atoms with Crippen LogP contribution in [0.25, 0.3) is 6.08 Å². The molecule has 0 saturated carbocycles. The van der Waals surface area contributed by atoms with Gasteiger partial charge < -0.3 is 10.2 Å². The third-order valence-electron chi connectivity index (χ3n) is 6.19. The van der Waals surface area contributed by atoms with Crippen molar-refractivity contribution < 1.29 is 9.59 Å². The molecule has 1 aliphatic heterocycles. The van der Waals surface area contributed by atoms with Crippen LogP contribution in [-0.2, 0) is 16.1 Å². The molecule has 0 bridgehead atoms. The molecular weight excluding hydrogens is 426 g/mol. The van der Waals surface area contributed by atoms with Crippen LogP contribution < -0.4 is 5.32 Å². The van der Waals surface area contributed by atoms with Gasteiger partial charge in [-0.25, -0.2) is 0 Å². The van der Waals surface area contributed by atoms with E-state index in [0.717, 1.165) is 22.4 Å². The molecule has 1 aliphatic rings. The number of piperazine rings is 1. The van der Waals surface area contributed by atoms with E-state index >= 15 is 0 Å². The van der Waals surface area contributed by atoms with E-state index in [1.807, 2.05) is 66.0 Å². The molecule has 4 rings (SSSR count). The predicted molar refractivity (Wildman–Crippen MR) is 134 cm³/mol. The van der Waals surface area contributed by atoms with Gasteiger partial charge >= 0.3 is 0 Å². The summed E-state index contributed by atoms with van der Waals surface area (Å²) >= 11 is 0. The lowest BCUT2D eigenvalue weighted by molar-refractivity contribution is -0.127. The van der Waals surface area contributed by atoms with Gasteiger partial charge in [0.25, 0.3) is 0 Å². The lowest BCUT2D eigenvalue weighted by atomic mass is 10.1. The number of hydrogen-bond donors (Lipinski definition) is 1. The standard InChI is InChI=1S/C27H31N5O2/c1-21-7-6-10-25(22(21)2)29-26(33)20-30-13-15-31(16-14-30)27(34)12-11-24-17-28-32(19-24)18-23-8-4-3-5-9-23/h3-12,17,19H,13-16,18,20H2,1-2H3,(H,29,33). The lowest BCUT2D eigenvalue weighted by Gasteiger charge is -2.33. The van der Waals surface area contributed by atoms with Crippen LogP contribution >= 0.6 is 0 Å². The third-order valence-corrected chi connectivity index (χ3v) is 6.19. The van der Waals surface area contributed by atoms with Crippen LogP contribution in [0, 0.1) is 13.8 Å². The van der Waals surface area contributed by atoms with Crippen molar-refractivity contribution in [3.8, 4) is 0 Å². The first-order chi connectivity index (χ1) is 16.5. The van der Waals surface area contributed by atoms with Crippen molar-refractivity contribution >= 4 is 23.6 Å². The molecule has 0 atom stereocenters. The minimum atomic E-state index is -0.0270. The van der Waals surface area contributed by atoms with E-state index in [4.69, 9.17) is 0 Å². The normalized spacial score (nSPS) is 14.5. The number of hydrogen-bond acceptors (Lipinski definition) is 4. The van der Waals surface area contributed by atoms with E-state index in [9.17, 15) is 9.59 Å². The van der Waals surface area contributed by atoms with E-state index < -0.39 is 0 Å². The number of anilines is 1. The highest BCUT2D eigenvalue weighted by molar-refractivity contribution is 5.93. The topological polar surface area (TPSA) is 70.5 Å². The Morgan fingerprint density at radius 3 is 2.53 bits per heavy atom. The average Bonchev–Trinajstić information content (AvgIpc) is 3.29. The Bertz CT molecular complexity index is 1160. The van der Waals surface area contributed by atoms with Gasteiger partial charge in [0.05, 0.1) is 19.3 Å². The van der Waals surface area contributed by atoms with Crippen molar-refractivity contribution in [2.45, 2.75) is 20.4 Å². The summed E-state index contributed by atoms with van der Waals surface area (Å²) < 4.78 is 1.86. The van der Waals surface area contributed by atoms with Gasteiger partial charge in [0.2, 0.25) is 11.8 Å². The molecule has 0 aliphatic carbocycles. The van der Waals surface area contributed by atoms with E-state index in [-0.39, 0.29) is 11.8 Å². The number of rotatable bonds is 7. The van der Waals surface area contributed by atoms with Gasteiger partial charge in [0, 0.05) is 49.7 Å². The molecule has 176 valence electrons. The Balaban J connectivity index is 1.22. The van der Waals surface area contributed by atoms with Crippen LogP contribution in [0.3, 0.4) is 0 Å². The molecule has 7 nitrogen and oxygen atoms in total. The molecule has 34 heavy (non-hydrogen) atoms. The molecule has 0 spiro atoms. The summed E-state index contributed by atoms with van der Waals surface area (Å²) in [5.41, 5.74) is 5.17. The zero-order valence-electron chi connectivity index (χ0n) is 19.8. The highest BCUT2D eigenvalue weighted by Crippen LogP contribution is 2.18. The third kappa shape index (κ3) is 6.20. The molecule has 0 unspecified atom stereocenters. The fraction of sp³-hybridized carbons (Fsp3) is 0.296. The summed E-state index contributed by atoms with van der Waals surface area (Å²) in [6.45, 7) is 7.63. The number of amides is 2. The number of benzene rings is 2. The quantitative estimate of drug-likeness (QED) is 0.553. The summed E-state index contributed by atoms with van der Waals surface area (Å²) in [5.74, 6) is -0.0452. The van der Waals surface area contributed by atoms with Gasteiger partial charge in [0.1, 0.15) is 0 Å². The maximum atomic E-state index is 12.6. The maximum absolute atomic E-state index is 12.6. The van der Waals surface area contributed by atoms with E-state index in [0.29, 0.717) is 39.3 Å². The largest absolute Gasteiger partial charge is 0.337 e. The van der Waals surface area contributed by atoms with Gasteiger partial charge in [-0.05, 0) is 42.7 Å². The molecule has 7 heteroatoms. The Labute approximate surface area is 200 Å². The minimum absolute atomic E-state index is 0.0182. The van der Waals surface area contributed by atoms with E-state index in [1.54, 1.807) is 18.3 Å². The highest BCUT2D eigenvalue weighted by atomic mass is 16.2. The molecule has 0 radical (unpaired) electrons. The van der Waals surface area contributed by atoms with Gasteiger partial charge in [-0.1, -0.05) is 42.5 Å². The van der Waals surface area contributed by atoms with Gasteiger partial charge in [-0.2, -0.15) is 5.10 Å². The van der Waals surface area contributed by atoms with Crippen LogP contribution in [0.2, 0.25) is 0 Å². The van der Waals surface area contributed by atoms with E-state index in [2.05, 4.69) is 27.4 Å². The monoisotopic (exact) mass is 457 g/mol. The van der Waals surface area contributed by atoms with Gasteiger partial charge in [-0.3, -0.25) is 19.2 Å². The summed E-state index contributed by atoms with van der Waals surface area (Å²) in [6.07, 6.45) is 7.11. The lowest BCUT2D eigenvalue weighted by Crippen LogP contribution is -2.50. The van der Waals surface area contributed by atoms with Crippen LogP contribution in [-0.4, -0.2) is 64.1 Å². The van der Waals surface area contributed by atoms with Crippen molar-refractivity contribution in [3.05, 3.63) is 89.3 Å². The van der Waals surface area contributed by atoms with Gasteiger partial charge in [-0.15, -0.1) is 0 Å². The van der Waals surface area contributed by atoms with Crippen LogP contribution in [0.4, 0.5) is 5.69 Å². The fourth-order valence-corrected chi connectivity index (χ4v) is 4.00. The Hall–Kier alpha value is -3.71. The first-order valence-electron chi connectivity index (χ1n) is 11.6. The van der Waals surface area contributed by atoms with Crippen molar-refractivity contribution in [3.63, 3.8) is 0 Å². The first-order valence-corrected chi connectivity index (χ1v) is 11.6. The Kier molecular flexibility index (Phi) is 7.54. The summed E-state index contributed by atoms with van der Waals surface area (Å²) in [6, 6.07) is 16.0. The van der Waals surface area contributed by atoms with Crippen LogP contribution in [0.15, 0.2) is 67.0 Å². The molecular formula is C27H31N5O2. The average molecular weight is 458 g/mol. The molecule has 1 aromatic heterocycles. The molecule has 2 heterocycles. The predicted octanol–water partition coefficient (Wildman–Crippen LogP) is 3.34. The summed E-state index contributed by atoms with van der Waals surface area (Å²) in [5, 5.41) is 7.38. The minimum Gasteiger partial charge on any atom is -0.337 e. The van der Waals surface area contributed by atoms with Crippen molar-refractivity contribution in [2.75, 3.05) is 38.0 Å². The van der Waals surface area contributed by atoms with Crippen molar-refractivity contribution in [2.24, 2.45) is 0 Å². The maximum Gasteiger partial charge on any atom is 0.246 e. The first kappa shape index (κ1) is 23.4. The number of aryl methyl sites for hydroxylation is 1. The number of nitrogens with zero attached hydrogens (tertiary/aromatic N) is 4.